The second kappa shape index (κ2) is 4.82. The molecule has 0 spiro atoms. The summed E-state index contributed by atoms with van der Waals surface area (Å²) in [6.07, 6.45) is 1.30. The van der Waals surface area contributed by atoms with Gasteiger partial charge in [-0.15, -0.1) is 0 Å². The fourth-order valence-corrected chi connectivity index (χ4v) is 1.27. The fraction of sp³-hybridized carbons (Fsp3) is 0.364. The van der Waals surface area contributed by atoms with E-state index in [1.807, 2.05) is 0 Å². The molecule has 0 aliphatic heterocycles. The van der Waals surface area contributed by atoms with Crippen LogP contribution in [0.15, 0.2) is 17.1 Å². The number of H-pyrrole nitrogens is 1. The minimum absolute atomic E-state index is 0.0637. The summed E-state index contributed by atoms with van der Waals surface area (Å²) < 4.78 is 0. The number of aromatic amines is 1. The fourth-order valence-electron chi connectivity index (χ4n) is 1.27. The van der Waals surface area contributed by atoms with Gasteiger partial charge in [0.2, 0.25) is 0 Å². The molecule has 0 saturated heterocycles. The van der Waals surface area contributed by atoms with E-state index in [0.717, 1.165) is 4.90 Å². The van der Waals surface area contributed by atoms with Crippen LogP contribution >= 0.6 is 0 Å². The van der Waals surface area contributed by atoms with Gasteiger partial charge in [-0.25, -0.2) is 4.79 Å². The highest BCUT2D eigenvalue weighted by atomic mass is 16.4. The molecule has 0 aliphatic rings. The Morgan fingerprint density at radius 2 is 2.06 bits per heavy atom. The number of amides is 1. The Labute approximate surface area is 97.9 Å². The van der Waals surface area contributed by atoms with Crippen LogP contribution in [-0.4, -0.2) is 40.0 Å². The van der Waals surface area contributed by atoms with Crippen molar-refractivity contribution >= 4 is 11.9 Å². The van der Waals surface area contributed by atoms with E-state index < -0.39 is 23.3 Å². The molecule has 0 bridgehead atoms. The third kappa shape index (κ3) is 2.72. The molecule has 6 heteroatoms. The lowest BCUT2D eigenvalue weighted by molar-refractivity contribution is -0.141. The number of rotatable bonds is 3. The van der Waals surface area contributed by atoms with Crippen LogP contribution in [0, 0.1) is 6.92 Å². The maximum atomic E-state index is 11.9. The summed E-state index contributed by atoms with van der Waals surface area (Å²) in [6, 6.07) is 0.315. The summed E-state index contributed by atoms with van der Waals surface area (Å²) in [7, 11) is 1.35. The van der Waals surface area contributed by atoms with Gasteiger partial charge in [-0.2, -0.15) is 0 Å². The molecule has 17 heavy (non-hydrogen) atoms. The van der Waals surface area contributed by atoms with Crippen molar-refractivity contribution in [1.82, 2.24) is 9.88 Å². The van der Waals surface area contributed by atoms with E-state index in [9.17, 15) is 14.4 Å². The van der Waals surface area contributed by atoms with E-state index in [4.69, 9.17) is 5.11 Å². The first-order chi connectivity index (χ1) is 7.84. The third-order valence-corrected chi connectivity index (χ3v) is 2.55. The average Bonchev–Trinajstić information content (AvgIpc) is 2.26. The van der Waals surface area contributed by atoms with Crippen molar-refractivity contribution in [2.75, 3.05) is 7.05 Å². The van der Waals surface area contributed by atoms with Gasteiger partial charge in [-0.1, -0.05) is 0 Å². The van der Waals surface area contributed by atoms with E-state index >= 15 is 0 Å². The summed E-state index contributed by atoms with van der Waals surface area (Å²) in [4.78, 5) is 37.9. The number of nitrogens with one attached hydrogen (secondary N) is 1. The molecule has 0 aromatic carbocycles. The standard InChI is InChI=1S/C11H14N2O4/c1-6-4-9(14)8(5-12-6)10(15)13(3)7(2)11(16)17/h4-5,7H,1-3H3,(H,12,14)(H,16,17). The van der Waals surface area contributed by atoms with E-state index in [2.05, 4.69) is 4.98 Å². The average molecular weight is 238 g/mol. The van der Waals surface area contributed by atoms with Crippen LogP contribution in [0.2, 0.25) is 0 Å². The van der Waals surface area contributed by atoms with Gasteiger partial charge < -0.3 is 15.0 Å². The second-order valence-corrected chi connectivity index (χ2v) is 3.82. The topological polar surface area (TPSA) is 90.5 Å². The third-order valence-electron chi connectivity index (χ3n) is 2.55. The number of hydrogen-bond acceptors (Lipinski definition) is 3. The highest BCUT2D eigenvalue weighted by Gasteiger charge is 2.24. The molecule has 0 fully saturated rings. The monoisotopic (exact) mass is 238 g/mol. The normalized spacial score (nSPS) is 11.9. The molecule has 2 N–H and O–H groups in total. The minimum atomic E-state index is -1.12. The maximum Gasteiger partial charge on any atom is 0.326 e. The number of carbonyl (C=O) groups excluding carboxylic acids is 1. The van der Waals surface area contributed by atoms with Crippen LogP contribution in [0.1, 0.15) is 23.0 Å². The molecule has 1 aromatic heterocycles. The highest BCUT2D eigenvalue weighted by Crippen LogP contribution is 2.03. The minimum Gasteiger partial charge on any atom is -0.480 e. The summed E-state index contributed by atoms with van der Waals surface area (Å²) in [6.45, 7) is 3.07. The van der Waals surface area contributed by atoms with Gasteiger partial charge in [-0.05, 0) is 13.8 Å². The van der Waals surface area contributed by atoms with Crippen molar-refractivity contribution in [3.05, 3.63) is 33.7 Å². The molecule has 92 valence electrons. The SMILES string of the molecule is Cc1cc(=O)c(C(=O)N(C)C(C)C(=O)O)c[nH]1. The lowest BCUT2D eigenvalue weighted by Crippen LogP contribution is -2.41. The van der Waals surface area contributed by atoms with Gasteiger partial charge in [0.25, 0.3) is 5.91 Å². The van der Waals surface area contributed by atoms with Gasteiger partial charge in [0.1, 0.15) is 11.6 Å². The van der Waals surface area contributed by atoms with E-state index in [1.54, 1.807) is 6.92 Å². The number of aliphatic carboxylic acids is 1. The molecule has 6 nitrogen and oxygen atoms in total. The Morgan fingerprint density at radius 3 is 2.53 bits per heavy atom. The maximum absolute atomic E-state index is 11.9. The smallest absolute Gasteiger partial charge is 0.326 e. The lowest BCUT2D eigenvalue weighted by Gasteiger charge is -2.21. The molecule has 1 rings (SSSR count). The van der Waals surface area contributed by atoms with Crippen molar-refractivity contribution in [3.8, 4) is 0 Å². The Morgan fingerprint density at radius 1 is 1.47 bits per heavy atom. The summed E-state index contributed by atoms with van der Waals surface area (Å²) in [5.74, 6) is -1.73. The van der Waals surface area contributed by atoms with Crippen molar-refractivity contribution in [2.24, 2.45) is 0 Å². The number of carbonyl (C=O) groups is 2. The van der Waals surface area contributed by atoms with Crippen LogP contribution in [0.3, 0.4) is 0 Å². The second-order valence-electron chi connectivity index (χ2n) is 3.82. The predicted molar refractivity (Wildman–Crippen MR) is 61.0 cm³/mol. The van der Waals surface area contributed by atoms with Crippen molar-refractivity contribution in [3.63, 3.8) is 0 Å². The van der Waals surface area contributed by atoms with E-state index in [-0.39, 0.29) is 5.56 Å². The van der Waals surface area contributed by atoms with Gasteiger partial charge in [0, 0.05) is 25.0 Å². The number of aromatic nitrogens is 1. The number of carboxylic acids is 1. The molecule has 0 radical (unpaired) electrons. The largest absolute Gasteiger partial charge is 0.480 e. The summed E-state index contributed by atoms with van der Waals surface area (Å²) >= 11 is 0. The molecule has 1 atom stereocenters. The van der Waals surface area contributed by atoms with Crippen LogP contribution in [0.4, 0.5) is 0 Å². The summed E-state index contributed by atoms with van der Waals surface area (Å²) in [5.41, 5.74) is 0.155. The quantitative estimate of drug-likeness (QED) is 0.788. The first-order valence-electron chi connectivity index (χ1n) is 5.04. The van der Waals surface area contributed by atoms with E-state index in [0.29, 0.717) is 5.69 Å². The zero-order chi connectivity index (χ0) is 13.2. The van der Waals surface area contributed by atoms with Crippen LogP contribution in [0.25, 0.3) is 0 Å². The molecule has 0 aliphatic carbocycles. The number of carboxylic acid groups (broad SMARTS) is 1. The molecule has 1 aromatic rings. The molecule has 1 amide bonds. The van der Waals surface area contributed by atoms with Crippen molar-refractivity contribution in [2.45, 2.75) is 19.9 Å². The zero-order valence-electron chi connectivity index (χ0n) is 9.85. The first kappa shape index (κ1) is 13.0. The molecule has 1 unspecified atom stereocenters. The van der Waals surface area contributed by atoms with Gasteiger partial charge >= 0.3 is 5.97 Å². The Hall–Kier alpha value is -2.11. The van der Waals surface area contributed by atoms with E-state index in [1.165, 1.54) is 26.2 Å². The number of aryl methyl sites for hydroxylation is 1. The van der Waals surface area contributed by atoms with Gasteiger partial charge in [0.15, 0.2) is 5.43 Å². The lowest BCUT2D eigenvalue weighted by atomic mass is 10.2. The van der Waals surface area contributed by atoms with Gasteiger partial charge in [-0.3, -0.25) is 9.59 Å². The predicted octanol–water partition coefficient (Wildman–Crippen LogP) is 0.228. The summed E-state index contributed by atoms with van der Waals surface area (Å²) in [5, 5.41) is 8.78. The highest BCUT2D eigenvalue weighted by molar-refractivity contribution is 5.96. The Kier molecular flexibility index (Phi) is 3.67. The molecule has 1 heterocycles. The van der Waals surface area contributed by atoms with Crippen LogP contribution in [0.5, 0.6) is 0 Å². The van der Waals surface area contributed by atoms with Crippen molar-refractivity contribution < 1.29 is 14.7 Å². The van der Waals surface area contributed by atoms with Crippen LogP contribution in [-0.2, 0) is 4.79 Å². The van der Waals surface area contributed by atoms with Crippen LogP contribution < -0.4 is 5.43 Å². The molecular formula is C11H14N2O4. The number of likely N-dealkylation sites (N-methyl/N-ethyl adjacent to an activating group) is 1. The molecule has 0 saturated carbocycles. The number of nitrogens with zero attached hydrogens (tertiary/aromatic N) is 1. The van der Waals surface area contributed by atoms with Gasteiger partial charge in [0.05, 0.1) is 0 Å². The Bertz CT molecular complexity index is 506. The van der Waals surface area contributed by atoms with Crippen molar-refractivity contribution in [1.29, 1.82) is 0 Å². The first-order valence-corrected chi connectivity index (χ1v) is 5.04. The number of hydrogen-bond donors (Lipinski definition) is 2. The number of pyridine rings is 1. The Balaban J connectivity index is 3.05. The zero-order valence-corrected chi connectivity index (χ0v) is 9.85. The molecular weight excluding hydrogens is 224 g/mol.